The van der Waals surface area contributed by atoms with Gasteiger partial charge in [-0.2, -0.15) is 4.98 Å². The molecule has 0 radical (unpaired) electrons. The molecule has 0 amide bonds. The van der Waals surface area contributed by atoms with Gasteiger partial charge in [0.2, 0.25) is 0 Å². The number of aliphatic hydroxyl groups excluding tert-OH is 1. The standard InChI is InChI=1S/C20H35N3O4/c1-2-3-4-5-6-7-8-9-10-11-13-21-17-12-14-23(20(25)22-17)18-16-26-19(15-24)27-18/h12,14,18-19,24H,2-11,13,15-16H2,1H3,(H,21,22,25). The van der Waals surface area contributed by atoms with Crippen LogP contribution in [-0.4, -0.2) is 40.7 Å². The van der Waals surface area contributed by atoms with Crippen molar-refractivity contribution in [2.24, 2.45) is 0 Å². The van der Waals surface area contributed by atoms with E-state index >= 15 is 0 Å². The van der Waals surface area contributed by atoms with Crippen LogP contribution in [-0.2, 0) is 9.47 Å². The monoisotopic (exact) mass is 381 g/mol. The van der Waals surface area contributed by atoms with Gasteiger partial charge in [-0.1, -0.05) is 64.7 Å². The van der Waals surface area contributed by atoms with E-state index in [1.54, 1.807) is 12.3 Å². The van der Waals surface area contributed by atoms with E-state index in [1.807, 2.05) is 0 Å². The Hall–Kier alpha value is -1.44. The van der Waals surface area contributed by atoms with Crippen LogP contribution in [0.15, 0.2) is 17.1 Å². The maximum atomic E-state index is 12.1. The van der Waals surface area contributed by atoms with Gasteiger partial charge in [0.1, 0.15) is 5.82 Å². The largest absolute Gasteiger partial charge is 0.391 e. The van der Waals surface area contributed by atoms with Crippen LogP contribution in [0, 0.1) is 0 Å². The molecule has 7 heteroatoms. The number of aromatic nitrogens is 2. The van der Waals surface area contributed by atoms with Gasteiger partial charge in [0.15, 0.2) is 12.5 Å². The molecule has 2 rings (SSSR count). The Kier molecular flexibility index (Phi) is 10.4. The van der Waals surface area contributed by atoms with E-state index in [4.69, 9.17) is 14.6 Å². The van der Waals surface area contributed by atoms with Crippen LogP contribution in [0.2, 0.25) is 0 Å². The summed E-state index contributed by atoms with van der Waals surface area (Å²) in [4.78, 5) is 16.2. The zero-order valence-electron chi connectivity index (χ0n) is 16.6. The average molecular weight is 382 g/mol. The Balaban J connectivity index is 1.56. The van der Waals surface area contributed by atoms with Crippen molar-refractivity contribution in [2.75, 3.05) is 25.1 Å². The molecule has 1 aliphatic rings. The molecule has 2 N–H and O–H groups in total. The Morgan fingerprint density at radius 3 is 2.41 bits per heavy atom. The normalized spacial score (nSPS) is 19.5. The first-order chi connectivity index (χ1) is 13.2. The molecule has 0 aliphatic carbocycles. The number of hydrogen-bond donors (Lipinski definition) is 2. The highest BCUT2D eigenvalue weighted by molar-refractivity contribution is 5.31. The fourth-order valence-electron chi connectivity index (χ4n) is 3.24. The first-order valence-electron chi connectivity index (χ1n) is 10.5. The Morgan fingerprint density at radius 2 is 1.81 bits per heavy atom. The van der Waals surface area contributed by atoms with Crippen molar-refractivity contribution in [1.82, 2.24) is 9.55 Å². The molecule has 0 spiro atoms. The lowest BCUT2D eigenvalue weighted by molar-refractivity contribution is -0.0992. The maximum absolute atomic E-state index is 12.1. The molecule has 2 heterocycles. The van der Waals surface area contributed by atoms with Crippen molar-refractivity contribution in [3.63, 3.8) is 0 Å². The van der Waals surface area contributed by atoms with Crippen molar-refractivity contribution in [1.29, 1.82) is 0 Å². The minimum Gasteiger partial charge on any atom is -0.391 e. The molecule has 27 heavy (non-hydrogen) atoms. The summed E-state index contributed by atoms with van der Waals surface area (Å²) in [6.45, 7) is 3.08. The Bertz CT molecular complexity index is 579. The molecule has 0 aromatic carbocycles. The summed E-state index contributed by atoms with van der Waals surface area (Å²) >= 11 is 0. The number of nitrogens with one attached hydrogen (secondary N) is 1. The van der Waals surface area contributed by atoms with Crippen molar-refractivity contribution in [3.8, 4) is 0 Å². The van der Waals surface area contributed by atoms with E-state index in [9.17, 15) is 4.79 Å². The van der Waals surface area contributed by atoms with Gasteiger partial charge in [-0.05, 0) is 12.5 Å². The molecule has 0 bridgehead atoms. The quantitative estimate of drug-likeness (QED) is 0.480. The van der Waals surface area contributed by atoms with Crippen LogP contribution in [0.3, 0.4) is 0 Å². The van der Waals surface area contributed by atoms with Crippen molar-refractivity contribution in [2.45, 2.75) is 83.6 Å². The molecule has 1 aromatic heterocycles. The van der Waals surface area contributed by atoms with E-state index in [2.05, 4.69) is 17.2 Å². The van der Waals surface area contributed by atoms with E-state index < -0.39 is 12.5 Å². The highest BCUT2D eigenvalue weighted by atomic mass is 16.7. The third-order valence-electron chi connectivity index (χ3n) is 4.86. The van der Waals surface area contributed by atoms with E-state index in [0.717, 1.165) is 13.0 Å². The minimum absolute atomic E-state index is 0.225. The predicted molar refractivity (Wildman–Crippen MR) is 106 cm³/mol. The fourth-order valence-corrected chi connectivity index (χ4v) is 3.24. The van der Waals surface area contributed by atoms with Gasteiger partial charge in [0.25, 0.3) is 0 Å². The zero-order chi connectivity index (χ0) is 19.3. The second-order valence-electron chi connectivity index (χ2n) is 7.15. The van der Waals surface area contributed by atoms with E-state index in [1.165, 1.54) is 62.4 Å². The first-order valence-corrected chi connectivity index (χ1v) is 10.5. The number of anilines is 1. The topological polar surface area (TPSA) is 85.6 Å². The summed E-state index contributed by atoms with van der Waals surface area (Å²) < 4.78 is 12.0. The molecule has 1 aromatic rings. The first kappa shape index (κ1) is 21.9. The van der Waals surface area contributed by atoms with Gasteiger partial charge < -0.3 is 19.9 Å². The summed E-state index contributed by atoms with van der Waals surface area (Å²) in [5.41, 5.74) is -0.379. The molecule has 0 saturated carbocycles. The molecule has 1 aliphatic heterocycles. The molecular weight excluding hydrogens is 346 g/mol. The lowest BCUT2D eigenvalue weighted by atomic mass is 10.1. The average Bonchev–Trinajstić information content (AvgIpc) is 3.15. The van der Waals surface area contributed by atoms with Crippen LogP contribution in [0.5, 0.6) is 0 Å². The third kappa shape index (κ3) is 7.99. The van der Waals surface area contributed by atoms with Gasteiger partial charge >= 0.3 is 5.69 Å². The summed E-state index contributed by atoms with van der Waals surface area (Å²) in [6, 6.07) is 1.77. The smallest absolute Gasteiger partial charge is 0.351 e. The number of rotatable bonds is 14. The number of unbranched alkanes of at least 4 members (excludes halogenated alkanes) is 9. The number of hydrogen-bond acceptors (Lipinski definition) is 6. The predicted octanol–water partition coefficient (Wildman–Crippen LogP) is 3.44. The van der Waals surface area contributed by atoms with E-state index in [0.29, 0.717) is 5.82 Å². The van der Waals surface area contributed by atoms with Crippen LogP contribution in [0.25, 0.3) is 0 Å². The molecule has 1 saturated heterocycles. The van der Waals surface area contributed by atoms with Gasteiger partial charge in [-0.3, -0.25) is 4.57 Å². The van der Waals surface area contributed by atoms with Crippen molar-refractivity contribution < 1.29 is 14.6 Å². The second-order valence-corrected chi connectivity index (χ2v) is 7.15. The summed E-state index contributed by atoms with van der Waals surface area (Å²) in [7, 11) is 0. The van der Waals surface area contributed by atoms with Crippen LogP contribution in [0.4, 0.5) is 5.82 Å². The minimum atomic E-state index is -0.670. The lowest BCUT2D eigenvalue weighted by Gasteiger charge is -2.13. The molecule has 7 nitrogen and oxygen atoms in total. The molecule has 154 valence electrons. The SMILES string of the molecule is CCCCCCCCCCCCNc1ccn(C2COC(CO)O2)c(=O)n1. The number of aliphatic hydroxyl groups is 1. The van der Waals surface area contributed by atoms with Gasteiger partial charge in [0.05, 0.1) is 13.2 Å². The molecule has 2 unspecified atom stereocenters. The maximum Gasteiger partial charge on any atom is 0.351 e. The van der Waals surface area contributed by atoms with Gasteiger partial charge in [-0.25, -0.2) is 4.79 Å². The van der Waals surface area contributed by atoms with Crippen LogP contribution in [0.1, 0.15) is 77.4 Å². The Labute approximate surface area is 162 Å². The summed E-state index contributed by atoms with van der Waals surface area (Å²) in [6.07, 6.45) is 13.5. The second kappa shape index (κ2) is 12.9. The van der Waals surface area contributed by atoms with Gasteiger partial charge in [-0.15, -0.1) is 0 Å². The van der Waals surface area contributed by atoms with Crippen molar-refractivity contribution >= 4 is 5.82 Å². The summed E-state index contributed by atoms with van der Waals surface area (Å²) in [5.74, 6) is 0.588. The zero-order valence-corrected chi connectivity index (χ0v) is 16.6. The highest BCUT2D eigenvalue weighted by Gasteiger charge is 2.27. The van der Waals surface area contributed by atoms with Crippen LogP contribution < -0.4 is 11.0 Å². The van der Waals surface area contributed by atoms with E-state index in [-0.39, 0.29) is 18.9 Å². The molecule has 1 fully saturated rings. The molecular formula is C20H35N3O4. The summed E-state index contributed by atoms with van der Waals surface area (Å²) in [5, 5.41) is 12.2. The third-order valence-corrected chi connectivity index (χ3v) is 4.86. The Morgan fingerprint density at radius 1 is 1.15 bits per heavy atom. The fraction of sp³-hybridized carbons (Fsp3) is 0.800. The number of nitrogens with zero attached hydrogens (tertiary/aromatic N) is 2. The van der Waals surface area contributed by atoms with Crippen LogP contribution >= 0.6 is 0 Å². The lowest BCUT2D eigenvalue weighted by Crippen LogP contribution is -2.29. The van der Waals surface area contributed by atoms with Gasteiger partial charge in [0, 0.05) is 12.7 Å². The highest BCUT2D eigenvalue weighted by Crippen LogP contribution is 2.19. The van der Waals surface area contributed by atoms with Crippen molar-refractivity contribution in [3.05, 3.63) is 22.7 Å². The molecule has 2 atom stereocenters. The number of ether oxygens (including phenoxy) is 2.